The summed E-state index contributed by atoms with van der Waals surface area (Å²) in [4.78, 5) is 13.5. The van der Waals surface area contributed by atoms with Crippen LogP contribution in [0.25, 0.3) is 5.57 Å². The van der Waals surface area contributed by atoms with Crippen molar-refractivity contribution in [2.45, 2.75) is 33.2 Å². The van der Waals surface area contributed by atoms with Crippen LogP contribution in [0.3, 0.4) is 0 Å². The molecule has 2 atom stereocenters. The normalized spacial score (nSPS) is 20.0. The molecule has 2 N–H and O–H groups in total. The van der Waals surface area contributed by atoms with Crippen LogP contribution in [0, 0.1) is 5.92 Å². The highest BCUT2D eigenvalue weighted by Crippen LogP contribution is 2.17. The van der Waals surface area contributed by atoms with E-state index in [1.807, 2.05) is 13.0 Å². The van der Waals surface area contributed by atoms with Gasteiger partial charge in [0.2, 0.25) is 0 Å². The number of nitrogens with one attached hydrogen (secondary N) is 2. The summed E-state index contributed by atoms with van der Waals surface area (Å²) in [6.07, 6.45) is 3.33. The zero-order chi connectivity index (χ0) is 15.2. The fraction of sp³-hybridized carbons (Fsp3) is 0.500. The minimum absolute atomic E-state index is 0.0253. The Labute approximate surface area is 128 Å². The highest BCUT2D eigenvalue weighted by Gasteiger charge is 2.26. The SMILES string of the molecule is CC(C)CNC(=O)[C@@H](C)[NH+]1CC=C(c2ccccc2)CC1. The molecule has 0 radical (unpaired) electrons. The van der Waals surface area contributed by atoms with Crippen molar-refractivity contribution < 1.29 is 9.69 Å². The summed E-state index contributed by atoms with van der Waals surface area (Å²) in [6, 6.07) is 10.6. The van der Waals surface area contributed by atoms with Crippen LogP contribution < -0.4 is 10.2 Å². The van der Waals surface area contributed by atoms with Crippen LogP contribution in [0.15, 0.2) is 36.4 Å². The number of benzene rings is 1. The average molecular weight is 287 g/mol. The first kappa shape index (κ1) is 15.8. The van der Waals surface area contributed by atoms with Crippen molar-refractivity contribution >= 4 is 11.5 Å². The molecule has 1 amide bonds. The van der Waals surface area contributed by atoms with Gasteiger partial charge in [-0.3, -0.25) is 4.79 Å². The molecule has 1 aliphatic heterocycles. The highest BCUT2D eigenvalue weighted by atomic mass is 16.2. The smallest absolute Gasteiger partial charge is 0.278 e. The molecule has 1 heterocycles. The number of rotatable bonds is 5. The van der Waals surface area contributed by atoms with Gasteiger partial charge in [0.15, 0.2) is 6.04 Å². The second-order valence-corrected chi connectivity index (χ2v) is 6.32. The van der Waals surface area contributed by atoms with E-state index in [4.69, 9.17) is 0 Å². The van der Waals surface area contributed by atoms with Crippen LogP contribution in [0.1, 0.15) is 32.8 Å². The third kappa shape index (κ3) is 4.43. The van der Waals surface area contributed by atoms with Crippen molar-refractivity contribution in [3.8, 4) is 0 Å². The van der Waals surface area contributed by atoms with Gasteiger partial charge in [-0.25, -0.2) is 0 Å². The largest absolute Gasteiger partial charge is 0.351 e. The molecule has 0 bridgehead atoms. The first-order valence-electron chi connectivity index (χ1n) is 7.94. The Morgan fingerprint density at radius 3 is 2.52 bits per heavy atom. The molecule has 0 fully saturated rings. The van der Waals surface area contributed by atoms with E-state index in [-0.39, 0.29) is 11.9 Å². The van der Waals surface area contributed by atoms with Crippen LogP contribution in [0.2, 0.25) is 0 Å². The summed E-state index contributed by atoms with van der Waals surface area (Å²) in [7, 11) is 0. The molecule has 0 spiro atoms. The van der Waals surface area contributed by atoms with E-state index in [0.717, 1.165) is 26.1 Å². The van der Waals surface area contributed by atoms with Gasteiger partial charge in [-0.05, 0) is 30.1 Å². The Morgan fingerprint density at radius 2 is 1.95 bits per heavy atom. The summed E-state index contributed by atoms with van der Waals surface area (Å²) < 4.78 is 0. The maximum atomic E-state index is 12.1. The topological polar surface area (TPSA) is 33.5 Å². The molecule has 114 valence electrons. The van der Waals surface area contributed by atoms with E-state index in [1.165, 1.54) is 16.0 Å². The molecule has 21 heavy (non-hydrogen) atoms. The van der Waals surface area contributed by atoms with Crippen molar-refractivity contribution in [1.82, 2.24) is 5.32 Å². The lowest BCUT2D eigenvalue weighted by Gasteiger charge is -2.28. The van der Waals surface area contributed by atoms with Gasteiger partial charge in [-0.2, -0.15) is 0 Å². The molecular formula is C18H27N2O+. The van der Waals surface area contributed by atoms with Gasteiger partial charge in [-0.1, -0.05) is 44.2 Å². The molecule has 1 aromatic carbocycles. The lowest BCUT2D eigenvalue weighted by atomic mass is 9.99. The fourth-order valence-electron chi connectivity index (χ4n) is 2.70. The molecule has 0 aromatic heterocycles. The predicted octanol–water partition coefficient (Wildman–Crippen LogP) is 1.52. The maximum absolute atomic E-state index is 12.1. The summed E-state index contributed by atoms with van der Waals surface area (Å²) in [5.74, 6) is 0.678. The molecule has 3 nitrogen and oxygen atoms in total. The van der Waals surface area contributed by atoms with Crippen molar-refractivity contribution in [2.75, 3.05) is 19.6 Å². The Hall–Kier alpha value is -1.61. The van der Waals surface area contributed by atoms with Gasteiger partial charge >= 0.3 is 0 Å². The zero-order valence-corrected chi connectivity index (χ0v) is 13.4. The Bertz CT molecular complexity index is 493. The summed E-state index contributed by atoms with van der Waals surface area (Å²) in [5, 5.41) is 3.04. The van der Waals surface area contributed by atoms with Crippen molar-refractivity contribution in [2.24, 2.45) is 5.92 Å². The van der Waals surface area contributed by atoms with Crippen LogP contribution >= 0.6 is 0 Å². The maximum Gasteiger partial charge on any atom is 0.278 e. The van der Waals surface area contributed by atoms with Crippen LogP contribution in [0.4, 0.5) is 0 Å². The third-order valence-electron chi connectivity index (χ3n) is 4.16. The van der Waals surface area contributed by atoms with E-state index in [2.05, 4.69) is 49.5 Å². The minimum Gasteiger partial charge on any atom is -0.351 e. The monoisotopic (exact) mass is 287 g/mol. The predicted molar refractivity (Wildman–Crippen MR) is 87.0 cm³/mol. The van der Waals surface area contributed by atoms with Crippen LogP contribution in [-0.2, 0) is 4.79 Å². The number of hydrogen-bond acceptors (Lipinski definition) is 1. The molecule has 1 unspecified atom stereocenters. The second-order valence-electron chi connectivity index (χ2n) is 6.32. The van der Waals surface area contributed by atoms with E-state index in [0.29, 0.717) is 5.92 Å². The lowest BCUT2D eigenvalue weighted by molar-refractivity contribution is -0.909. The van der Waals surface area contributed by atoms with E-state index >= 15 is 0 Å². The van der Waals surface area contributed by atoms with Crippen LogP contribution in [0.5, 0.6) is 0 Å². The summed E-state index contributed by atoms with van der Waals surface area (Å²) in [5.41, 5.74) is 2.72. The molecule has 1 aromatic rings. The van der Waals surface area contributed by atoms with E-state index in [9.17, 15) is 4.79 Å². The van der Waals surface area contributed by atoms with Gasteiger partial charge in [0.1, 0.15) is 0 Å². The zero-order valence-electron chi connectivity index (χ0n) is 13.4. The molecular weight excluding hydrogens is 260 g/mol. The first-order valence-corrected chi connectivity index (χ1v) is 7.94. The lowest BCUT2D eigenvalue weighted by Crippen LogP contribution is -3.17. The molecule has 1 aliphatic rings. The average Bonchev–Trinajstić information content (AvgIpc) is 2.53. The second kappa shape index (κ2) is 7.41. The van der Waals surface area contributed by atoms with Crippen molar-refractivity contribution in [1.29, 1.82) is 0 Å². The Balaban J connectivity index is 1.90. The van der Waals surface area contributed by atoms with Gasteiger partial charge in [0.25, 0.3) is 5.91 Å². The summed E-state index contributed by atoms with van der Waals surface area (Å²) >= 11 is 0. The number of hydrogen-bond donors (Lipinski definition) is 2. The minimum atomic E-state index is 0.0253. The highest BCUT2D eigenvalue weighted by molar-refractivity contribution is 5.80. The molecule has 0 saturated carbocycles. The molecule has 0 saturated heterocycles. The fourth-order valence-corrected chi connectivity index (χ4v) is 2.70. The van der Waals surface area contributed by atoms with E-state index in [1.54, 1.807) is 0 Å². The van der Waals surface area contributed by atoms with Gasteiger partial charge in [0, 0.05) is 13.0 Å². The molecule has 3 heteroatoms. The van der Waals surface area contributed by atoms with Gasteiger partial charge < -0.3 is 10.2 Å². The first-order chi connectivity index (χ1) is 10.1. The van der Waals surface area contributed by atoms with Crippen molar-refractivity contribution in [3.05, 3.63) is 42.0 Å². The van der Waals surface area contributed by atoms with Crippen LogP contribution in [-0.4, -0.2) is 31.6 Å². The number of quaternary nitrogens is 1. The van der Waals surface area contributed by atoms with Gasteiger partial charge in [0.05, 0.1) is 13.1 Å². The van der Waals surface area contributed by atoms with Crippen molar-refractivity contribution in [3.63, 3.8) is 0 Å². The number of carbonyl (C=O) groups is 1. The van der Waals surface area contributed by atoms with E-state index < -0.39 is 0 Å². The number of amides is 1. The Morgan fingerprint density at radius 1 is 1.24 bits per heavy atom. The third-order valence-corrected chi connectivity index (χ3v) is 4.16. The van der Waals surface area contributed by atoms with Gasteiger partial charge in [-0.15, -0.1) is 0 Å². The number of carbonyl (C=O) groups excluding carboxylic acids is 1. The molecule has 2 rings (SSSR count). The standard InChI is InChI=1S/C18H26N2O/c1-14(2)13-19-18(21)15(3)20-11-9-17(10-12-20)16-7-5-4-6-8-16/h4-9,14-15H,10-13H2,1-3H3,(H,19,21)/p+1/t15-/m1/s1. The Kier molecular flexibility index (Phi) is 5.57. The quantitative estimate of drug-likeness (QED) is 0.846. The summed E-state index contributed by atoms with van der Waals surface area (Å²) in [6.45, 7) is 8.99. The molecule has 0 aliphatic carbocycles.